The quantitative estimate of drug-likeness (QED) is 0.699. The third-order valence-corrected chi connectivity index (χ3v) is 3.85. The zero-order valence-electron chi connectivity index (χ0n) is 9.00. The molecule has 0 aliphatic heterocycles. The Labute approximate surface area is 107 Å². The number of benzene rings is 1. The first kappa shape index (κ1) is 11.8. The predicted molar refractivity (Wildman–Crippen MR) is 71.3 cm³/mol. The van der Waals surface area contributed by atoms with E-state index in [1.54, 1.807) is 0 Å². The number of rotatable bonds is 3. The van der Waals surface area contributed by atoms with Crippen LogP contribution in [-0.2, 0) is 11.3 Å². The average Bonchev–Trinajstić information content (AvgIpc) is 2.39. The molecular formula is C14H14Cl2. The van der Waals surface area contributed by atoms with E-state index in [0.29, 0.717) is 11.8 Å². The fraction of sp³-hybridized carbons (Fsp3) is 0.286. The van der Waals surface area contributed by atoms with E-state index in [1.165, 1.54) is 5.56 Å². The van der Waals surface area contributed by atoms with Gasteiger partial charge in [0.25, 0.3) is 0 Å². The van der Waals surface area contributed by atoms with Gasteiger partial charge in [-0.3, -0.25) is 0 Å². The minimum Gasteiger partial charge on any atom is -0.125 e. The largest absolute Gasteiger partial charge is 0.125 e. The maximum Gasteiger partial charge on any atom is 0.0474 e. The highest BCUT2D eigenvalue weighted by Gasteiger charge is 2.28. The highest BCUT2D eigenvalue weighted by atomic mass is 35.5. The lowest BCUT2D eigenvalue weighted by molar-refractivity contribution is 0.607. The van der Waals surface area contributed by atoms with Gasteiger partial charge in [-0.2, -0.15) is 0 Å². The van der Waals surface area contributed by atoms with Crippen molar-refractivity contribution in [3.63, 3.8) is 0 Å². The first-order valence-corrected chi connectivity index (χ1v) is 6.43. The molecule has 0 saturated heterocycles. The van der Waals surface area contributed by atoms with Crippen LogP contribution < -0.4 is 0 Å². The average molecular weight is 253 g/mol. The number of halogens is 2. The Morgan fingerprint density at radius 2 is 1.81 bits per heavy atom. The highest BCUT2D eigenvalue weighted by molar-refractivity contribution is 6.19. The molecule has 0 fully saturated rings. The molecule has 0 bridgehead atoms. The van der Waals surface area contributed by atoms with E-state index in [-0.39, 0.29) is 5.41 Å². The second-order valence-electron chi connectivity index (χ2n) is 4.11. The lowest BCUT2D eigenvalue weighted by Gasteiger charge is -2.29. The molecule has 84 valence electrons. The monoisotopic (exact) mass is 252 g/mol. The summed E-state index contributed by atoms with van der Waals surface area (Å²) in [4.78, 5) is 0. The van der Waals surface area contributed by atoms with Crippen molar-refractivity contribution in [2.45, 2.75) is 17.7 Å². The second-order valence-corrected chi connectivity index (χ2v) is 4.65. The van der Waals surface area contributed by atoms with Crippen LogP contribution in [0.3, 0.4) is 0 Å². The highest BCUT2D eigenvalue weighted by Crippen LogP contribution is 2.34. The van der Waals surface area contributed by atoms with E-state index in [1.807, 2.05) is 0 Å². The fourth-order valence-electron chi connectivity index (χ4n) is 1.98. The molecule has 0 aromatic heterocycles. The zero-order chi connectivity index (χ0) is 11.4. The van der Waals surface area contributed by atoms with Crippen molar-refractivity contribution in [1.82, 2.24) is 0 Å². The minimum absolute atomic E-state index is 0.0405. The van der Waals surface area contributed by atoms with Crippen LogP contribution in [0.25, 0.3) is 0 Å². The van der Waals surface area contributed by atoms with Crippen molar-refractivity contribution in [2.75, 3.05) is 5.88 Å². The molecule has 0 N–H and O–H groups in total. The third-order valence-electron chi connectivity index (χ3n) is 3.07. The van der Waals surface area contributed by atoms with Crippen LogP contribution in [0.15, 0.2) is 48.6 Å². The first-order valence-electron chi connectivity index (χ1n) is 5.36. The Morgan fingerprint density at radius 3 is 2.31 bits per heavy atom. The third kappa shape index (κ3) is 2.18. The summed E-state index contributed by atoms with van der Waals surface area (Å²) in [5.74, 6) is 1.16. The van der Waals surface area contributed by atoms with E-state index < -0.39 is 0 Å². The van der Waals surface area contributed by atoms with E-state index in [4.69, 9.17) is 23.2 Å². The number of allylic oxidation sites excluding steroid dienone is 4. The van der Waals surface area contributed by atoms with Gasteiger partial charge < -0.3 is 0 Å². The molecular weight excluding hydrogens is 239 g/mol. The van der Waals surface area contributed by atoms with Gasteiger partial charge in [0.05, 0.1) is 0 Å². The summed E-state index contributed by atoms with van der Waals surface area (Å²) in [6.07, 6.45) is 9.46. The molecule has 1 unspecified atom stereocenters. The van der Waals surface area contributed by atoms with Crippen molar-refractivity contribution >= 4 is 23.2 Å². The maximum absolute atomic E-state index is 6.13. The van der Waals surface area contributed by atoms with Gasteiger partial charge in [-0.15, -0.1) is 23.2 Å². The van der Waals surface area contributed by atoms with Gasteiger partial charge in [-0.05, 0) is 17.5 Å². The Balaban J connectivity index is 2.33. The first-order chi connectivity index (χ1) is 7.80. The predicted octanol–water partition coefficient (Wildman–Crippen LogP) is 4.42. The minimum atomic E-state index is -0.0405. The van der Waals surface area contributed by atoms with Gasteiger partial charge in [0.1, 0.15) is 0 Å². The van der Waals surface area contributed by atoms with Gasteiger partial charge in [0.15, 0.2) is 0 Å². The van der Waals surface area contributed by atoms with Gasteiger partial charge >= 0.3 is 0 Å². The smallest absolute Gasteiger partial charge is 0.0474 e. The molecule has 2 rings (SSSR count). The van der Waals surface area contributed by atoms with Crippen molar-refractivity contribution in [2.24, 2.45) is 0 Å². The molecule has 0 radical (unpaired) electrons. The molecule has 0 saturated carbocycles. The SMILES string of the molecule is ClCc1ccc(C2(CCl)C=CC=CC2)cc1. The van der Waals surface area contributed by atoms with E-state index in [0.717, 1.165) is 12.0 Å². The Kier molecular flexibility index (Phi) is 3.73. The number of hydrogen-bond donors (Lipinski definition) is 0. The zero-order valence-corrected chi connectivity index (χ0v) is 10.5. The standard InChI is InChI=1S/C14H14Cl2/c15-10-12-4-6-13(7-5-12)14(11-16)8-2-1-3-9-14/h1-8H,9-11H2. The maximum atomic E-state index is 6.13. The molecule has 0 amide bonds. The summed E-state index contributed by atoms with van der Waals surface area (Å²) in [6.45, 7) is 0. The normalized spacial score (nSPS) is 23.6. The molecule has 16 heavy (non-hydrogen) atoms. The van der Waals surface area contributed by atoms with Crippen LogP contribution in [0.5, 0.6) is 0 Å². The lowest BCUT2D eigenvalue weighted by atomic mass is 9.77. The van der Waals surface area contributed by atoms with Crippen LogP contribution in [0, 0.1) is 0 Å². The van der Waals surface area contributed by atoms with Crippen molar-refractivity contribution in [3.8, 4) is 0 Å². The van der Waals surface area contributed by atoms with Crippen LogP contribution >= 0.6 is 23.2 Å². The molecule has 1 atom stereocenters. The summed E-state index contributed by atoms with van der Waals surface area (Å²) in [5.41, 5.74) is 2.36. The lowest BCUT2D eigenvalue weighted by Crippen LogP contribution is -2.26. The summed E-state index contributed by atoms with van der Waals surface area (Å²) >= 11 is 11.9. The Hall–Kier alpha value is -0.720. The molecule has 0 nitrogen and oxygen atoms in total. The summed E-state index contributed by atoms with van der Waals surface area (Å²) in [7, 11) is 0. The van der Waals surface area contributed by atoms with Crippen molar-refractivity contribution in [3.05, 3.63) is 59.7 Å². The molecule has 1 aromatic carbocycles. The summed E-state index contributed by atoms with van der Waals surface area (Å²) in [5, 5.41) is 0. The fourth-order valence-corrected chi connectivity index (χ4v) is 2.51. The van der Waals surface area contributed by atoms with Crippen LogP contribution in [0.1, 0.15) is 17.5 Å². The molecule has 0 heterocycles. The number of hydrogen-bond acceptors (Lipinski definition) is 0. The molecule has 1 aromatic rings. The summed E-state index contributed by atoms with van der Waals surface area (Å²) in [6, 6.07) is 8.40. The van der Waals surface area contributed by atoms with E-state index in [9.17, 15) is 0 Å². The van der Waals surface area contributed by atoms with E-state index >= 15 is 0 Å². The molecule has 1 aliphatic rings. The molecule has 2 heteroatoms. The second kappa shape index (κ2) is 5.07. The molecule has 1 aliphatic carbocycles. The van der Waals surface area contributed by atoms with Crippen molar-refractivity contribution in [1.29, 1.82) is 0 Å². The van der Waals surface area contributed by atoms with Crippen molar-refractivity contribution < 1.29 is 0 Å². The Bertz CT molecular complexity index is 403. The topological polar surface area (TPSA) is 0 Å². The van der Waals surface area contributed by atoms with Gasteiger partial charge in [-0.1, -0.05) is 48.6 Å². The van der Waals surface area contributed by atoms with Gasteiger partial charge in [0.2, 0.25) is 0 Å². The molecule has 0 spiro atoms. The van der Waals surface area contributed by atoms with Gasteiger partial charge in [0, 0.05) is 17.2 Å². The van der Waals surface area contributed by atoms with Crippen LogP contribution in [0.2, 0.25) is 0 Å². The summed E-state index contributed by atoms with van der Waals surface area (Å²) < 4.78 is 0. The Morgan fingerprint density at radius 1 is 1.06 bits per heavy atom. The van der Waals surface area contributed by atoms with Crippen LogP contribution in [0.4, 0.5) is 0 Å². The van der Waals surface area contributed by atoms with E-state index in [2.05, 4.69) is 48.6 Å². The van der Waals surface area contributed by atoms with Crippen LogP contribution in [-0.4, -0.2) is 5.88 Å². The van der Waals surface area contributed by atoms with Gasteiger partial charge in [-0.25, -0.2) is 0 Å². The number of alkyl halides is 2.